The zero-order valence-corrected chi connectivity index (χ0v) is 8.20. The maximum absolute atomic E-state index is 10.5. The van der Waals surface area contributed by atoms with Crippen molar-refractivity contribution in [1.82, 2.24) is 0 Å². The molecule has 0 aromatic heterocycles. The lowest BCUT2D eigenvalue weighted by molar-refractivity contribution is -0.137. The average Bonchev–Trinajstić information content (AvgIpc) is 2.81. The molecule has 0 spiro atoms. The summed E-state index contributed by atoms with van der Waals surface area (Å²) in [6.07, 6.45) is 4.88. The summed E-state index contributed by atoms with van der Waals surface area (Å²) in [7, 11) is 0. The van der Waals surface area contributed by atoms with E-state index in [1.165, 1.54) is 12.8 Å². The van der Waals surface area contributed by atoms with Gasteiger partial charge in [0.1, 0.15) is 0 Å². The van der Waals surface area contributed by atoms with Gasteiger partial charge < -0.3 is 10.8 Å². The highest BCUT2D eigenvalue weighted by atomic mass is 16.4. The van der Waals surface area contributed by atoms with E-state index >= 15 is 0 Å². The Hall–Kier alpha value is -0.570. The molecule has 0 aromatic carbocycles. The molecule has 2 unspecified atom stereocenters. The van der Waals surface area contributed by atoms with Gasteiger partial charge in [-0.1, -0.05) is 26.2 Å². The molecule has 2 atom stereocenters. The minimum Gasteiger partial charge on any atom is -0.481 e. The van der Waals surface area contributed by atoms with E-state index in [1.807, 2.05) is 0 Å². The molecule has 1 fully saturated rings. The van der Waals surface area contributed by atoms with Crippen molar-refractivity contribution in [2.24, 2.45) is 17.6 Å². The largest absolute Gasteiger partial charge is 0.481 e. The van der Waals surface area contributed by atoms with Gasteiger partial charge in [0.2, 0.25) is 0 Å². The van der Waals surface area contributed by atoms with Crippen LogP contribution in [0.1, 0.15) is 39.0 Å². The first-order valence-electron chi connectivity index (χ1n) is 5.10. The first-order valence-corrected chi connectivity index (χ1v) is 5.10. The van der Waals surface area contributed by atoms with Gasteiger partial charge in [0.05, 0.1) is 6.42 Å². The molecule has 0 aliphatic heterocycles. The van der Waals surface area contributed by atoms with E-state index in [4.69, 9.17) is 10.8 Å². The van der Waals surface area contributed by atoms with Crippen LogP contribution in [0.2, 0.25) is 0 Å². The molecule has 3 nitrogen and oxygen atoms in total. The molecular weight excluding hydrogens is 166 g/mol. The summed E-state index contributed by atoms with van der Waals surface area (Å²) in [6, 6.07) is -0.150. The predicted molar refractivity (Wildman–Crippen MR) is 51.4 cm³/mol. The molecule has 3 N–H and O–H groups in total. The molecule has 0 saturated heterocycles. The van der Waals surface area contributed by atoms with E-state index in [0.29, 0.717) is 5.92 Å². The van der Waals surface area contributed by atoms with Gasteiger partial charge in [-0.15, -0.1) is 0 Å². The second kappa shape index (κ2) is 4.61. The fourth-order valence-corrected chi connectivity index (χ4v) is 1.79. The quantitative estimate of drug-likeness (QED) is 0.661. The van der Waals surface area contributed by atoms with E-state index in [2.05, 4.69) is 6.92 Å². The number of carbonyl (C=O) groups is 1. The van der Waals surface area contributed by atoms with Crippen LogP contribution in [-0.4, -0.2) is 17.1 Å². The summed E-state index contributed by atoms with van der Waals surface area (Å²) in [4.78, 5) is 10.5. The van der Waals surface area contributed by atoms with Gasteiger partial charge in [0.25, 0.3) is 0 Å². The van der Waals surface area contributed by atoms with Crippen molar-refractivity contribution in [3.8, 4) is 0 Å². The fraction of sp³-hybridized carbons (Fsp3) is 0.900. The van der Waals surface area contributed by atoms with Crippen LogP contribution in [-0.2, 0) is 4.79 Å². The lowest BCUT2D eigenvalue weighted by atomic mass is 9.90. The first-order chi connectivity index (χ1) is 6.13. The smallest absolute Gasteiger partial charge is 0.304 e. The highest BCUT2D eigenvalue weighted by Crippen LogP contribution is 2.37. The van der Waals surface area contributed by atoms with Crippen molar-refractivity contribution >= 4 is 5.97 Å². The molecule has 76 valence electrons. The molecular formula is C10H19NO2. The van der Waals surface area contributed by atoms with E-state index in [9.17, 15) is 4.79 Å². The summed E-state index contributed by atoms with van der Waals surface area (Å²) in [5.74, 6) is 0.468. The number of carboxylic acids is 1. The van der Waals surface area contributed by atoms with E-state index < -0.39 is 5.97 Å². The lowest BCUT2D eigenvalue weighted by Crippen LogP contribution is -2.32. The number of rotatable bonds is 6. The van der Waals surface area contributed by atoms with Crippen LogP contribution in [0.3, 0.4) is 0 Å². The fourth-order valence-electron chi connectivity index (χ4n) is 1.79. The zero-order chi connectivity index (χ0) is 9.84. The summed E-state index contributed by atoms with van der Waals surface area (Å²) in [5, 5.41) is 8.60. The molecule has 1 rings (SSSR count). The standard InChI is InChI=1S/C10H19NO2/c1-2-8(5-7-3-4-7)9(11)6-10(12)13/h7-9H,2-6,11H2,1H3,(H,12,13). The Bertz CT molecular complexity index is 178. The van der Waals surface area contributed by atoms with Crippen LogP contribution in [0.4, 0.5) is 0 Å². The summed E-state index contributed by atoms with van der Waals surface area (Å²) < 4.78 is 0. The van der Waals surface area contributed by atoms with Crippen LogP contribution < -0.4 is 5.73 Å². The van der Waals surface area contributed by atoms with Crippen molar-refractivity contribution in [3.05, 3.63) is 0 Å². The van der Waals surface area contributed by atoms with Gasteiger partial charge in [0, 0.05) is 6.04 Å². The van der Waals surface area contributed by atoms with E-state index in [-0.39, 0.29) is 12.5 Å². The molecule has 3 heteroatoms. The third kappa shape index (κ3) is 3.77. The zero-order valence-electron chi connectivity index (χ0n) is 8.20. The topological polar surface area (TPSA) is 63.3 Å². The summed E-state index contributed by atoms with van der Waals surface area (Å²) in [6.45, 7) is 2.09. The van der Waals surface area contributed by atoms with Gasteiger partial charge in [-0.3, -0.25) is 4.79 Å². The molecule has 13 heavy (non-hydrogen) atoms. The Morgan fingerprint density at radius 3 is 2.62 bits per heavy atom. The SMILES string of the molecule is CCC(CC1CC1)C(N)CC(=O)O. The lowest BCUT2D eigenvalue weighted by Gasteiger charge is -2.20. The number of hydrogen-bond acceptors (Lipinski definition) is 2. The second-order valence-corrected chi connectivity index (χ2v) is 4.11. The molecule has 1 aliphatic rings. The molecule has 1 saturated carbocycles. The van der Waals surface area contributed by atoms with Crippen molar-refractivity contribution in [2.75, 3.05) is 0 Å². The minimum absolute atomic E-state index is 0.116. The van der Waals surface area contributed by atoms with Crippen LogP contribution in [0.5, 0.6) is 0 Å². The Balaban J connectivity index is 2.29. The first kappa shape index (κ1) is 10.5. The van der Waals surface area contributed by atoms with Crippen LogP contribution >= 0.6 is 0 Å². The van der Waals surface area contributed by atoms with E-state index in [0.717, 1.165) is 18.8 Å². The van der Waals surface area contributed by atoms with Crippen molar-refractivity contribution in [2.45, 2.75) is 45.1 Å². The Morgan fingerprint density at radius 2 is 2.23 bits per heavy atom. The molecule has 0 amide bonds. The molecule has 1 aliphatic carbocycles. The number of nitrogens with two attached hydrogens (primary N) is 1. The van der Waals surface area contributed by atoms with Gasteiger partial charge in [0.15, 0.2) is 0 Å². The number of aliphatic carboxylic acids is 1. The maximum Gasteiger partial charge on any atom is 0.304 e. The van der Waals surface area contributed by atoms with Crippen molar-refractivity contribution < 1.29 is 9.90 Å². The molecule has 0 bridgehead atoms. The number of hydrogen-bond donors (Lipinski definition) is 2. The second-order valence-electron chi connectivity index (χ2n) is 4.11. The number of carboxylic acid groups (broad SMARTS) is 1. The van der Waals surface area contributed by atoms with Gasteiger partial charge in [-0.25, -0.2) is 0 Å². The maximum atomic E-state index is 10.5. The highest BCUT2D eigenvalue weighted by Gasteiger charge is 2.28. The normalized spacial score (nSPS) is 21.1. The predicted octanol–water partition coefficient (Wildman–Crippen LogP) is 1.61. The third-order valence-corrected chi connectivity index (χ3v) is 2.87. The van der Waals surface area contributed by atoms with Crippen LogP contribution in [0.15, 0.2) is 0 Å². The monoisotopic (exact) mass is 185 g/mol. The van der Waals surface area contributed by atoms with Crippen molar-refractivity contribution in [1.29, 1.82) is 0 Å². The van der Waals surface area contributed by atoms with Gasteiger partial charge >= 0.3 is 5.97 Å². The average molecular weight is 185 g/mol. The minimum atomic E-state index is -0.776. The van der Waals surface area contributed by atoms with Gasteiger partial charge in [-0.2, -0.15) is 0 Å². The molecule has 0 heterocycles. The highest BCUT2D eigenvalue weighted by molar-refractivity contribution is 5.67. The third-order valence-electron chi connectivity index (χ3n) is 2.87. The Morgan fingerprint density at radius 1 is 1.62 bits per heavy atom. The Kier molecular flexibility index (Phi) is 3.72. The summed E-state index contributed by atoms with van der Waals surface area (Å²) >= 11 is 0. The van der Waals surface area contributed by atoms with Crippen LogP contribution in [0, 0.1) is 11.8 Å². The summed E-state index contributed by atoms with van der Waals surface area (Å²) in [5.41, 5.74) is 5.82. The van der Waals surface area contributed by atoms with Gasteiger partial charge in [-0.05, 0) is 18.3 Å². The van der Waals surface area contributed by atoms with Crippen molar-refractivity contribution in [3.63, 3.8) is 0 Å². The molecule has 0 radical (unpaired) electrons. The van der Waals surface area contributed by atoms with E-state index in [1.54, 1.807) is 0 Å². The molecule has 0 aromatic rings. The van der Waals surface area contributed by atoms with Crippen LogP contribution in [0.25, 0.3) is 0 Å². The Labute approximate surface area is 79.3 Å².